The number of aryl methyl sites for hydroxylation is 2. The molecule has 0 unspecified atom stereocenters. The lowest BCUT2D eigenvalue weighted by molar-refractivity contribution is -0.140. The average Bonchev–Trinajstić information content (AvgIpc) is 2.75. The number of ether oxygens (including phenoxy) is 1. The van der Waals surface area contributed by atoms with Gasteiger partial charge >= 0.3 is 0 Å². The highest BCUT2D eigenvalue weighted by Crippen LogP contribution is 2.25. The Morgan fingerprint density at radius 1 is 1.09 bits per heavy atom. The molecule has 0 aliphatic rings. The number of nitrogens with one attached hydrogen (secondary N) is 1. The molecule has 0 aliphatic heterocycles. The van der Waals surface area contributed by atoms with Gasteiger partial charge in [-0.3, -0.25) is 13.9 Å². The molecule has 0 heterocycles. The SMILES string of the molecule is COc1cccc(CN(C(=O)CN(c2cc(C)ccc2C)S(C)(=O)=O)[C@H](C)C(=O)NC(C)(C)C)c1. The number of sulfonamides is 1. The van der Waals surface area contributed by atoms with Crippen molar-refractivity contribution in [3.8, 4) is 5.75 Å². The van der Waals surface area contributed by atoms with Crippen LogP contribution >= 0.6 is 0 Å². The van der Waals surface area contributed by atoms with E-state index in [4.69, 9.17) is 4.74 Å². The summed E-state index contributed by atoms with van der Waals surface area (Å²) in [5.74, 6) is -0.197. The Balaban J connectivity index is 2.47. The lowest BCUT2D eigenvalue weighted by Gasteiger charge is -2.33. The molecule has 0 fully saturated rings. The highest BCUT2D eigenvalue weighted by atomic mass is 32.2. The fourth-order valence-corrected chi connectivity index (χ4v) is 4.51. The summed E-state index contributed by atoms with van der Waals surface area (Å²) in [5.41, 5.74) is 2.30. The Kier molecular flexibility index (Phi) is 8.94. The maximum absolute atomic E-state index is 13.6. The fourth-order valence-electron chi connectivity index (χ4n) is 3.61. The van der Waals surface area contributed by atoms with Gasteiger partial charge in [-0.25, -0.2) is 8.42 Å². The van der Waals surface area contributed by atoms with Gasteiger partial charge in [0.1, 0.15) is 18.3 Å². The highest BCUT2D eigenvalue weighted by Gasteiger charge is 2.31. The van der Waals surface area contributed by atoms with E-state index in [-0.39, 0.29) is 12.5 Å². The number of anilines is 1. The summed E-state index contributed by atoms with van der Waals surface area (Å²) in [7, 11) is -2.23. The molecule has 0 spiro atoms. The second-order valence-corrected chi connectivity index (χ2v) is 11.8. The van der Waals surface area contributed by atoms with Crippen LogP contribution in [0.25, 0.3) is 0 Å². The first-order valence-corrected chi connectivity index (χ1v) is 13.3. The van der Waals surface area contributed by atoms with Crippen molar-refractivity contribution in [2.24, 2.45) is 0 Å². The Morgan fingerprint density at radius 3 is 2.31 bits per heavy atom. The number of methoxy groups -OCH3 is 1. The molecular formula is C26H37N3O5S. The van der Waals surface area contributed by atoms with E-state index in [1.165, 1.54) is 4.90 Å². The van der Waals surface area contributed by atoms with E-state index in [9.17, 15) is 18.0 Å². The van der Waals surface area contributed by atoms with Crippen molar-refractivity contribution < 1.29 is 22.7 Å². The largest absolute Gasteiger partial charge is 0.497 e. The molecule has 0 saturated carbocycles. The van der Waals surface area contributed by atoms with E-state index in [1.54, 1.807) is 45.2 Å². The van der Waals surface area contributed by atoms with Gasteiger partial charge in [0.2, 0.25) is 21.8 Å². The number of benzene rings is 2. The summed E-state index contributed by atoms with van der Waals surface area (Å²) in [6.45, 7) is 10.6. The first-order chi connectivity index (χ1) is 16.1. The number of carbonyl (C=O) groups is 2. The van der Waals surface area contributed by atoms with Crippen molar-refractivity contribution in [1.29, 1.82) is 0 Å². The molecule has 1 N–H and O–H groups in total. The molecule has 0 bridgehead atoms. The molecule has 0 saturated heterocycles. The van der Waals surface area contributed by atoms with Gasteiger partial charge in [-0.15, -0.1) is 0 Å². The molecule has 0 radical (unpaired) electrons. The van der Waals surface area contributed by atoms with Crippen LogP contribution in [0.2, 0.25) is 0 Å². The van der Waals surface area contributed by atoms with Gasteiger partial charge in [-0.2, -0.15) is 0 Å². The Labute approximate surface area is 209 Å². The first-order valence-electron chi connectivity index (χ1n) is 11.4. The zero-order chi connectivity index (χ0) is 26.6. The summed E-state index contributed by atoms with van der Waals surface area (Å²) in [4.78, 5) is 28.1. The first kappa shape index (κ1) is 28.2. The van der Waals surface area contributed by atoms with Gasteiger partial charge in [0.05, 0.1) is 19.1 Å². The van der Waals surface area contributed by atoms with E-state index in [2.05, 4.69) is 5.32 Å². The third kappa shape index (κ3) is 7.99. The Hall–Kier alpha value is -3.07. The fraction of sp³-hybridized carbons (Fsp3) is 0.462. The number of hydrogen-bond donors (Lipinski definition) is 1. The van der Waals surface area contributed by atoms with Crippen LogP contribution in [0.4, 0.5) is 5.69 Å². The third-order valence-electron chi connectivity index (χ3n) is 5.47. The van der Waals surface area contributed by atoms with Crippen LogP contribution in [0.1, 0.15) is 44.4 Å². The van der Waals surface area contributed by atoms with E-state index in [1.807, 2.05) is 45.9 Å². The zero-order valence-electron chi connectivity index (χ0n) is 21.9. The van der Waals surface area contributed by atoms with E-state index in [0.717, 1.165) is 27.3 Å². The maximum atomic E-state index is 13.6. The molecule has 35 heavy (non-hydrogen) atoms. The number of amides is 2. The molecule has 2 aromatic rings. The Morgan fingerprint density at radius 2 is 1.74 bits per heavy atom. The molecule has 1 atom stereocenters. The monoisotopic (exact) mass is 503 g/mol. The summed E-state index contributed by atoms with van der Waals surface area (Å²) in [6, 6.07) is 11.8. The van der Waals surface area contributed by atoms with Crippen molar-refractivity contribution in [1.82, 2.24) is 10.2 Å². The van der Waals surface area contributed by atoms with Gasteiger partial charge in [0.15, 0.2) is 0 Å². The molecule has 0 aromatic heterocycles. The van der Waals surface area contributed by atoms with Gasteiger partial charge in [0.25, 0.3) is 0 Å². The lowest BCUT2D eigenvalue weighted by Crippen LogP contribution is -2.54. The lowest BCUT2D eigenvalue weighted by atomic mass is 10.1. The Bertz CT molecular complexity index is 1170. The standard InChI is InChI=1S/C26H37N3O5S/c1-18-12-13-19(2)23(14-18)29(35(8,32)33)17-24(30)28(20(3)25(31)27-26(4,5)6)16-21-10-9-11-22(15-21)34-7/h9-15,20H,16-17H2,1-8H3,(H,27,31)/t20-/m1/s1. The quantitative estimate of drug-likeness (QED) is 0.566. The number of hydrogen-bond acceptors (Lipinski definition) is 5. The minimum atomic E-state index is -3.78. The van der Waals surface area contributed by atoms with Gasteiger partial charge in [0, 0.05) is 12.1 Å². The number of nitrogens with zero attached hydrogens (tertiary/aromatic N) is 2. The van der Waals surface area contributed by atoms with Crippen molar-refractivity contribution in [3.63, 3.8) is 0 Å². The van der Waals surface area contributed by atoms with Crippen LogP contribution in [0.15, 0.2) is 42.5 Å². The van der Waals surface area contributed by atoms with Crippen LogP contribution in [-0.2, 0) is 26.2 Å². The molecule has 2 rings (SSSR count). The van der Waals surface area contributed by atoms with Gasteiger partial charge < -0.3 is 15.0 Å². The summed E-state index contributed by atoms with van der Waals surface area (Å²) < 4.78 is 31.9. The predicted octanol–water partition coefficient (Wildman–Crippen LogP) is 3.41. The zero-order valence-corrected chi connectivity index (χ0v) is 22.7. The normalized spacial score (nSPS) is 12.6. The number of rotatable bonds is 9. The average molecular weight is 504 g/mol. The smallest absolute Gasteiger partial charge is 0.244 e. The molecule has 2 amide bonds. The minimum Gasteiger partial charge on any atom is -0.497 e. The minimum absolute atomic E-state index is 0.110. The molecule has 2 aromatic carbocycles. The van der Waals surface area contributed by atoms with Gasteiger partial charge in [-0.1, -0.05) is 24.3 Å². The highest BCUT2D eigenvalue weighted by molar-refractivity contribution is 7.92. The number of carbonyl (C=O) groups excluding carboxylic acids is 2. The van der Waals surface area contributed by atoms with Crippen LogP contribution in [0.5, 0.6) is 5.75 Å². The second kappa shape index (κ2) is 11.1. The van der Waals surface area contributed by atoms with E-state index in [0.29, 0.717) is 11.4 Å². The topological polar surface area (TPSA) is 96.0 Å². The second-order valence-electron chi connectivity index (χ2n) is 9.85. The van der Waals surface area contributed by atoms with Crippen molar-refractivity contribution in [2.45, 2.75) is 59.7 Å². The molecule has 8 nitrogen and oxygen atoms in total. The summed E-state index contributed by atoms with van der Waals surface area (Å²) in [5, 5.41) is 2.91. The summed E-state index contributed by atoms with van der Waals surface area (Å²) >= 11 is 0. The molecule has 0 aliphatic carbocycles. The third-order valence-corrected chi connectivity index (χ3v) is 6.59. The van der Waals surface area contributed by atoms with Crippen LogP contribution in [-0.4, -0.2) is 56.6 Å². The maximum Gasteiger partial charge on any atom is 0.244 e. The molecule has 192 valence electrons. The van der Waals surface area contributed by atoms with E-state index < -0.39 is 34.1 Å². The van der Waals surface area contributed by atoms with E-state index >= 15 is 0 Å². The molecule has 9 heteroatoms. The van der Waals surface area contributed by atoms with Crippen LogP contribution < -0.4 is 14.4 Å². The van der Waals surface area contributed by atoms with Crippen LogP contribution in [0.3, 0.4) is 0 Å². The molecular weight excluding hydrogens is 466 g/mol. The van der Waals surface area contributed by atoms with Crippen molar-refractivity contribution in [3.05, 3.63) is 59.2 Å². The van der Waals surface area contributed by atoms with Crippen molar-refractivity contribution in [2.75, 3.05) is 24.2 Å². The predicted molar refractivity (Wildman–Crippen MR) is 139 cm³/mol. The van der Waals surface area contributed by atoms with Crippen LogP contribution in [0, 0.1) is 13.8 Å². The summed E-state index contributed by atoms with van der Waals surface area (Å²) in [6.07, 6.45) is 1.07. The van der Waals surface area contributed by atoms with Crippen molar-refractivity contribution >= 4 is 27.5 Å². The van der Waals surface area contributed by atoms with Gasteiger partial charge in [-0.05, 0) is 76.4 Å².